The third-order valence-corrected chi connectivity index (χ3v) is 5.68. The average Bonchev–Trinajstić information content (AvgIpc) is 2.80. The van der Waals surface area contributed by atoms with E-state index in [1.54, 1.807) is 0 Å². The maximum atomic E-state index is 4.83. The summed E-state index contributed by atoms with van der Waals surface area (Å²) in [6.45, 7) is 6.78. The number of hydrogen-bond acceptors (Lipinski definition) is 2. The molecule has 2 heterocycles. The molecule has 25 heavy (non-hydrogen) atoms. The van der Waals surface area contributed by atoms with Gasteiger partial charge in [0.25, 0.3) is 5.82 Å². The standard InChI is InChI=1S/C22H24N3/c1-17-11-8-9-15-20(17)25(4)21-19(14-10-16-23-21)24(22(25,2)3)18-12-6-5-7-13-18/h5-16H,1-4H3/q+1. The Bertz CT molecular complexity index is 917. The maximum absolute atomic E-state index is 4.83. The SMILES string of the molecule is Cc1ccccc1[N+]1(C)c2ncccc2N(c2ccccc2)C1(C)C. The average molecular weight is 330 g/mol. The number of quaternary nitrogens is 1. The highest BCUT2D eigenvalue weighted by Gasteiger charge is 2.58. The fourth-order valence-electron chi connectivity index (χ4n) is 4.17. The van der Waals surface area contributed by atoms with Gasteiger partial charge in [-0.05, 0) is 37.3 Å². The lowest BCUT2D eigenvalue weighted by Gasteiger charge is -2.44. The summed E-state index contributed by atoms with van der Waals surface area (Å²) >= 11 is 0. The van der Waals surface area contributed by atoms with Crippen LogP contribution in [-0.2, 0) is 0 Å². The summed E-state index contributed by atoms with van der Waals surface area (Å²) in [6, 6.07) is 23.4. The van der Waals surface area contributed by atoms with E-state index < -0.39 is 0 Å². The molecule has 3 nitrogen and oxygen atoms in total. The van der Waals surface area contributed by atoms with Gasteiger partial charge in [0.05, 0.1) is 7.05 Å². The molecule has 0 spiro atoms. The first-order chi connectivity index (χ1) is 12.0. The number of hydrogen-bond donors (Lipinski definition) is 0. The molecule has 0 amide bonds. The van der Waals surface area contributed by atoms with Crippen molar-refractivity contribution in [3.63, 3.8) is 0 Å². The number of benzene rings is 2. The molecule has 3 aromatic rings. The van der Waals surface area contributed by atoms with Gasteiger partial charge in [0.2, 0.25) is 0 Å². The van der Waals surface area contributed by atoms with Crippen LogP contribution in [0.1, 0.15) is 19.4 Å². The van der Waals surface area contributed by atoms with Gasteiger partial charge in [-0.15, -0.1) is 0 Å². The predicted octanol–water partition coefficient (Wildman–Crippen LogP) is 5.55. The molecule has 4 rings (SSSR count). The van der Waals surface area contributed by atoms with Crippen LogP contribution < -0.4 is 9.38 Å². The van der Waals surface area contributed by atoms with Crippen molar-refractivity contribution in [3.05, 3.63) is 78.5 Å². The van der Waals surface area contributed by atoms with Crippen molar-refractivity contribution in [2.24, 2.45) is 0 Å². The Kier molecular flexibility index (Phi) is 3.44. The summed E-state index contributed by atoms with van der Waals surface area (Å²) in [7, 11) is 2.27. The number of rotatable bonds is 2. The minimum atomic E-state index is -0.218. The molecule has 2 aromatic carbocycles. The lowest BCUT2D eigenvalue weighted by molar-refractivity contribution is 0.258. The molecule has 0 saturated carbocycles. The fraction of sp³-hybridized carbons (Fsp3) is 0.227. The molecule has 0 fully saturated rings. The van der Waals surface area contributed by atoms with E-state index in [0.29, 0.717) is 4.48 Å². The summed E-state index contributed by atoms with van der Waals surface area (Å²) < 4.78 is 0.644. The van der Waals surface area contributed by atoms with Gasteiger partial charge in [-0.25, -0.2) is 9.47 Å². The highest BCUT2D eigenvalue weighted by Crippen LogP contribution is 2.56. The van der Waals surface area contributed by atoms with Gasteiger partial charge >= 0.3 is 0 Å². The van der Waals surface area contributed by atoms with Gasteiger partial charge in [-0.3, -0.25) is 4.90 Å². The van der Waals surface area contributed by atoms with Crippen molar-refractivity contribution >= 4 is 22.9 Å². The Hall–Kier alpha value is -2.65. The van der Waals surface area contributed by atoms with Crippen LogP contribution in [0, 0.1) is 6.92 Å². The number of nitrogens with zero attached hydrogens (tertiary/aromatic N) is 3. The zero-order valence-electron chi connectivity index (χ0n) is 15.3. The molecule has 1 aliphatic heterocycles. The van der Waals surface area contributed by atoms with Gasteiger partial charge < -0.3 is 0 Å². The van der Waals surface area contributed by atoms with Gasteiger partial charge in [-0.1, -0.05) is 36.4 Å². The van der Waals surface area contributed by atoms with E-state index in [0.717, 1.165) is 5.82 Å². The Labute approximate surface area is 149 Å². The van der Waals surface area contributed by atoms with Gasteiger partial charge in [0.15, 0.2) is 5.66 Å². The largest absolute Gasteiger partial charge is 0.282 e. The number of fused-ring (bicyclic) bond motifs is 1. The molecule has 1 aliphatic rings. The van der Waals surface area contributed by atoms with Crippen LogP contribution in [-0.4, -0.2) is 17.7 Å². The highest BCUT2D eigenvalue weighted by molar-refractivity contribution is 5.84. The first-order valence-corrected chi connectivity index (χ1v) is 8.71. The van der Waals surface area contributed by atoms with Gasteiger partial charge in [-0.2, -0.15) is 0 Å². The third kappa shape index (κ3) is 2.06. The molecule has 0 radical (unpaired) electrons. The summed E-state index contributed by atoms with van der Waals surface area (Å²) in [6.07, 6.45) is 1.90. The van der Waals surface area contributed by atoms with E-state index in [4.69, 9.17) is 4.98 Å². The van der Waals surface area contributed by atoms with Crippen molar-refractivity contribution in [2.75, 3.05) is 11.9 Å². The number of aromatic nitrogens is 1. The monoisotopic (exact) mass is 330 g/mol. The Morgan fingerprint density at radius 3 is 2.28 bits per heavy atom. The minimum absolute atomic E-state index is 0.218. The van der Waals surface area contributed by atoms with Crippen molar-refractivity contribution in [1.82, 2.24) is 9.47 Å². The van der Waals surface area contributed by atoms with Crippen molar-refractivity contribution in [1.29, 1.82) is 0 Å². The van der Waals surface area contributed by atoms with E-state index in [-0.39, 0.29) is 5.66 Å². The number of pyridine rings is 1. The summed E-state index contributed by atoms with van der Waals surface area (Å²) in [5.74, 6) is 1.09. The zero-order valence-corrected chi connectivity index (χ0v) is 15.3. The van der Waals surface area contributed by atoms with Crippen LogP contribution in [0.15, 0.2) is 72.9 Å². The molecule has 0 saturated heterocycles. The molecular formula is C22H24N3+. The van der Waals surface area contributed by atoms with Crippen molar-refractivity contribution in [2.45, 2.75) is 26.4 Å². The summed E-state index contributed by atoms with van der Waals surface area (Å²) in [5.41, 5.74) is 4.71. The minimum Gasteiger partial charge on any atom is -0.282 e. The van der Waals surface area contributed by atoms with E-state index in [9.17, 15) is 0 Å². The molecular weight excluding hydrogens is 306 g/mol. The van der Waals surface area contributed by atoms with E-state index in [1.807, 2.05) is 12.3 Å². The van der Waals surface area contributed by atoms with Crippen LogP contribution in [0.3, 0.4) is 0 Å². The number of anilines is 2. The van der Waals surface area contributed by atoms with Crippen LogP contribution in [0.2, 0.25) is 0 Å². The van der Waals surface area contributed by atoms with E-state index in [2.05, 4.69) is 93.4 Å². The van der Waals surface area contributed by atoms with Crippen LogP contribution in [0.5, 0.6) is 0 Å². The Morgan fingerprint density at radius 2 is 1.56 bits per heavy atom. The molecule has 1 aromatic heterocycles. The molecule has 1 unspecified atom stereocenters. The molecule has 0 bridgehead atoms. The van der Waals surface area contributed by atoms with E-state index in [1.165, 1.54) is 22.6 Å². The van der Waals surface area contributed by atoms with Crippen LogP contribution in [0.4, 0.5) is 22.9 Å². The first kappa shape index (κ1) is 15.9. The van der Waals surface area contributed by atoms with Gasteiger partial charge in [0.1, 0.15) is 11.4 Å². The second kappa shape index (κ2) is 5.43. The molecule has 3 heteroatoms. The van der Waals surface area contributed by atoms with Crippen LogP contribution in [0.25, 0.3) is 0 Å². The number of para-hydroxylation sites is 2. The van der Waals surface area contributed by atoms with Crippen molar-refractivity contribution < 1.29 is 0 Å². The third-order valence-electron chi connectivity index (χ3n) is 5.68. The molecule has 1 atom stereocenters. The van der Waals surface area contributed by atoms with Crippen molar-refractivity contribution in [3.8, 4) is 0 Å². The lowest BCUT2D eigenvalue weighted by Crippen LogP contribution is -2.60. The Morgan fingerprint density at radius 1 is 0.880 bits per heavy atom. The molecule has 0 N–H and O–H groups in total. The first-order valence-electron chi connectivity index (χ1n) is 8.71. The van der Waals surface area contributed by atoms with E-state index >= 15 is 0 Å². The summed E-state index contributed by atoms with van der Waals surface area (Å²) in [4.78, 5) is 7.25. The molecule has 0 aliphatic carbocycles. The normalized spacial score (nSPS) is 21.2. The smallest absolute Gasteiger partial charge is 0.258 e. The lowest BCUT2D eigenvalue weighted by atomic mass is 10.0. The zero-order chi connectivity index (χ0) is 17.7. The summed E-state index contributed by atoms with van der Waals surface area (Å²) in [5, 5.41) is 0. The second-order valence-corrected chi connectivity index (χ2v) is 7.30. The topological polar surface area (TPSA) is 16.1 Å². The fourth-order valence-corrected chi connectivity index (χ4v) is 4.17. The second-order valence-electron chi connectivity index (χ2n) is 7.30. The van der Waals surface area contributed by atoms with Crippen LogP contribution >= 0.6 is 0 Å². The maximum Gasteiger partial charge on any atom is 0.258 e. The highest BCUT2D eigenvalue weighted by atomic mass is 15.6. The predicted molar refractivity (Wildman–Crippen MR) is 105 cm³/mol. The molecule has 126 valence electrons. The number of aryl methyl sites for hydroxylation is 1. The quantitative estimate of drug-likeness (QED) is 0.573. The van der Waals surface area contributed by atoms with Gasteiger partial charge in [0, 0.05) is 31.3 Å². The Balaban J connectivity index is 2.03.